The first kappa shape index (κ1) is 30.6. The number of imidazole rings is 1. The van der Waals surface area contributed by atoms with E-state index in [9.17, 15) is 19.5 Å². The zero-order valence-electron chi connectivity index (χ0n) is 23.4. The van der Waals surface area contributed by atoms with Gasteiger partial charge in [0.2, 0.25) is 0 Å². The van der Waals surface area contributed by atoms with Crippen LogP contribution in [0.25, 0.3) is 0 Å². The summed E-state index contributed by atoms with van der Waals surface area (Å²) in [6.45, 7) is 11.6. The third-order valence-electron chi connectivity index (χ3n) is 5.27. The summed E-state index contributed by atoms with van der Waals surface area (Å²) in [4.78, 5) is 44.6. The summed E-state index contributed by atoms with van der Waals surface area (Å²) < 4.78 is 22.9. The van der Waals surface area contributed by atoms with Crippen LogP contribution in [-0.4, -0.2) is 74.9 Å². The molecule has 0 unspecified atom stereocenters. The summed E-state index contributed by atoms with van der Waals surface area (Å²) in [6.07, 6.45) is 1.44. The molecule has 11 nitrogen and oxygen atoms in total. The first-order valence-corrected chi connectivity index (χ1v) is 12.3. The molecule has 11 heteroatoms. The summed E-state index contributed by atoms with van der Waals surface area (Å²) in [5.74, 6) is -0.642. The topological polar surface area (TPSA) is 129 Å². The van der Waals surface area contributed by atoms with E-state index < -0.39 is 34.9 Å². The Morgan fingerprint density at radius 2 is 1.63 bits per heavy atom. The predicted molar refractivity (Wildman–Crippen MR) is 139 cm³/mol. The quantitative estimate of drug-likeness (QED) is 0.285. The van der Waals surface area contributed by atoms with Crippen LogP contribution >= 0.6 is 0 Å². The lowest BCUT2D eigenvalue weighted by molar-refractivity contribution is -0.160. The standard InChI is InChI=1S/C27H39N3O8/c1-25(2,3)37-23(33)29-16-20(28-17-29)15-27(7,30(18-35-8)24(34)38-26(4,5)6)22(32)36-14-13-19-11-9-10-12-21(19)31/h9-12,16-17,31H,13-15,18H2,1-8H3/t27-/m0/s1. The van der Waals surface area contributed by atoms with E-state index in [2.05, 4.69) is 4.98 Å². The van der Waals surface area contributed by atoms with Gasteiger partial charge in [-0.15, -0.1) is 0 Å². The first-order chi connectivity index (χ1) is 17.6. The van der Waals surface area contributed by atoms with Gasteiger partial charge in [-0.25, -0.2) is 23.9 Å². The van der Waals surface area contributed by atoms with Gasteiger partial charge < -0.3 is 24.1 Å². The maximum Gasteiger partial charge on any atom is 0.419 e. The third-order valence-corrected chi connectivity index (χ3v) is 5.27. The molecule has 1 amide bonds. The van der Waals surface area contributed by atoms with Crippen LogP contribution in [0.5, 0.6) is 5.75 Å². The number of benzene rings is 1. The van der Waals surface area contributed by atoms with Gasteiger partial charge in [-0.05, 0) is 60.1 Å². The van der Waals surface area contributed by atoms with Crippen LogP contribution in [0.2, 0.25) is 0 Å². The number of phenolic OH excluding ortho intramolecular Hbond substituents is 1. The van der Waals surface area contributed by atoms with Crippen molar-refractivity contribution in [3.05, 3.63) is 48.0 Å². The molecule has 2 aromatic rings. The molecular weight excluding hydrogens is 494 g/mol. The highest BCUT2D eigenvalue weighted by atomic mass is 16.6. The lowest BCUT2D eigenvalue weighted by Gasteiger charge is -2.38. The number of rotatable bonds is 9. The molecule has 0 aliphatic carbocycles. The Bertz CT molecular complexity index is 1120. The second-order valence-corrected chi connectivity index (χ2v) is 11.0. The molecule has 0 spiro atoms. The van der Waals surface area contributed by atoms with Crippen molar-refractivity contribution in [2.24, 2.45) is 0 Å². The number of aromatic hydroxyl groups is 1. The number of phenols is 1. The van der Waals surface area contributed by atoms with Gasteiger partial charge in [-0.1, -0.05) is 18.2 Å². The molecular formula is C27H39N3O8. The second kappa shape index (κ2) is 12.3. The molecule has 1 heterocycles. The summed E-state index contributed by atoms with van der Waals surface area (Å²) >= 11 is 0. The van der Waals surface area contributed by atoms with Crippen molar-refractivity contribution in [1.29, 1.82) is 0 Å². The van der Waals surface area contributed by atoms with Crippen LogP contribution in [-0.2, 0) is 36.6 Å². The highest BCUT2D eigenvalue weighted by molar-refractivity contribution is 5.86. The maximum atomic E-state index is 13.5. The predicted octanol–water partition coefficient (Wildman–Crippen LogP) is 4.30. The number of ether oxygens (including phenoxy) is 4. The number of amides is 1. The van der Waals surface area contributed by atoms with Crippen molar-refractivity contribution < 1.29 is 38.4 Å². The van der Waals surface area contributed by atoms with E-state index in [0.717, 1.165) is 4.90 Å². The Morgan fingerprint density at radius 1 is 1.00 bits per heavy atom. The fourth-order valence-corrected chi connectivity index (χ4v) is 3.47. The molecule has 0 aliphatic heterocycles. The van der Waals surface area contributed by atoms with Gasteiger partial charge in [-0.3, -0.25) is 4.90 Å². The third kappa shape index (κ3) is 8.76. The van der Waals surface area contributed by atoms with Crippen LogP contribution in [0, 0.1) is 0 Å². The number of methoxy groups -OCH3 is 1. The van der Waals surface area contributed by atoms with E-state index in [-0.39, 0.29) is 31.9 Å². The number of carbonyl (C=O) groups excluding carboxylic acids is 3. The molecule has 2 rings (SSSR count). The lowest BCUT2D eigenvalue weighted by atomic mass is 9.94. The summed E-state index contributed by atoms with van der Waals surface area (Å²) in [7, 11) is 1.39. The zero-order valence-corrected chi connectivity index (χ0v) is 23.4. The molecule has 210 valence electrons. The van der Waals surface area contributed by atoms with Crippen LogP contribution in [0.3, 0.4) is 0 Å². The largest absolute Gasteiger partial charge is 0.508 e. The fourth-order valence-electron chi connectivity index (χ4n) is 3.47. The monoisotopic (exact) mass is 533 g/mol. The van der Waals surface area contributed by atoms with Crippen molar-refractivity contribution >= 4 is 18.2 Å². The molecule has 1 atom stereocenters. The maximum absolute atomic E-state index is 13.5. The summed E-state index contributed by atoms with van der Waals surface area (Å²) in [6, 6.07) is 6.74. The number of hydrogen-bond acceptors (Lipinski definition) is 9. The molecule has 0 saturated carbocycles. The highest BCUT2D eigenvalue weighted by Crippen LogP contribution is 2.26. The van der Waals surface area contributed by atoms with Gasteiger partial charge in [0.1, 0.15) is 35.5 Å². The van der Waals surface area contributed by atoms with Crippen molar-refractivity contribution in [1.82, 2.24) is 14.5 Å². The molecule has 0 bridgehead atoms. The smallest absolute Gasteiger partial charge is 0.419 e. The average Bonchev–Trinajstić information content (AvgIpc) is 3.24. The van der Waals surface area contributed by atoms with E-state index in [0.29, 0.717) is 11.3 Å². The van der Waals surface area contributed by atoms with E-state index >= 15 is 0 Å². The van der Waals surface area contributed by atoms with E-state index in [1.165, 1.54) is 31.1 Å². The SMILES string of the molecule is COCN(C(=O)OC(C)(C)C)[C@@](C)(Cc1cn(C(=O)OC(C)(C)C)cn1)C(=O)OCCc1ccccc1O. The summed E-state index contributed by atoms with van der Waals surface area (Å²) in [5.41, 5.74) is -2.22. The van der Waals surface area contributed by atoms with Gasteiger partial charge in [0.15, 0.2) is 0 Å². The highest BCUT2D eigenvalue weighted by Gasteiger charge is 2.46. The van der Waals surface area contributed by atoms with E-state index in [1.54, 1.807) is 65.8 Å². The number of carbonyl (C=O) groups is 3. The lowest BCUT2D eigenvalue weighted by Crippen LogP contribution is -2.58. The number of para-hydroxylation sites is 1. The van der Waals surface area contributed by atoms with Gasteiger partial charge in [0.05, 0.1) is 12.3 Å². The first-order valence-electron chi connectivity index (χ1n) is 12.3. The average molecular weight is 534 g/mol. The Morgan fingerprint density at radius 3 is 2.21 bits per heavy atom. The Kier molecular flexibility index (Phi) is 9.91. The van der Waals surface area contributed by atoms with Crippen molar-refractivity contribution in [2.45, 2.75) is 78.0 Å². The molecule has 0 radical (unpaired) electrons. The Hall–Kier alpha value is -3.60. The zero-order chi connectivity index (χ0) is 28.7. The molecule has 1 aromatic carbocycles. The van der Waals surface area contributed by atoms with Crippen LogP contribution in [0.1, 0.15) is 59.7 Å². The molecule has 0 aliphatic rings. The molecule has 0 saturated heterocycles. The second-order valence-electron chi connectivity index (χ2n) is 11.0. The van der Waals surface area contributed by atoms with Gasteiger partial charge in [0, 0.05) is 26.1 Å². The van der Waals surface area contributed by atoms with Crippen molar-refractivity contribution in [3.63, 3.8) is 0 Å². The molecule has 1 N–H and O–H groups in total. The van der Waals surface area contributed by atoms with Crippen LogP contribution < -0.4 is 0 Å². The minimum absolute atomic E-state index is 0.0481. The number of esters is 1. The normalized spacial score (nSPS) is 13.4. The van der Waals surface area contributed by atoms with Gasteiger partial charge >= 0.3 is 18.2 Å². The minimum atomic E-state index is -1.62. The van der Waals surface area contributed by atoms with Crippen molar-refractivity contribution in [2.75, 3.05) is 20.4 Å². The summed E-state index contributed by atoms with van der Waals surface area (Å²) in [5, 5.41) is 10.0. The van der Waals surface area contributed by atoms with Crippen LogP contribution in [0.15, 0.2) is 36.8 Å². The fraction of sp³-hybridized carbons (Fsp3) is 0.556. The molecule has 0 fully saturated rings. The molecule has 1 aromatic heterocycles. The Balaban J connectivity index is 2.35. The van der Waals surface area contributed by atoms with E-state index in [1.807, 2.05) is 0 Å². The van der Waals surface area contributed by atoms with Gasteiger partial charge in [-0.2, -0.15) is 0 Å². The molecule has 38 heavy (non-hydrogen) atoms. The van der Waals surface area contributed by atoms with E-state index in [4.69, 9.17) is 18.9 Å². The number of nitrogens with zero attached hydrogens (tertiary/aromatic N) is 3. The van der Waals surface area contributed by atoms with Gasteiger partial charge in [0.25, 0.3) is 0 Å². The van der Waals surface area contributed by atoms with Crippen molar-refractivity contribution in [3.8, 4) is 5.75 Å². The minimum Gasteiger partial charge on any atom is -0.508 e. The van der Waals surface area contributed by atoms with Crippen LogP contribution in [0.4, 0.5) is 9.59 Å². The number of hydrogen-bond donors (Lipinski definition) is 1. The number of aromatic nitrogens is 2. The Labute approximate surface area is 223 Å².